The van der Waals surface area contributed by atoms with Crippen molar-refractivity contribution in [2.45, 2.75) is 18.5 Å². The molecule has 1 aromatic heterocycles. The summed E-state index contributed by atoms with van der Waals surface area (Å²) in [5, 5.41) is 2.42. The van der Waals surface area contributed by atoms with E-state index in [9.17, 15) is 26.3 Å². The molecule has 0 amide bonds. The van der Waals surface area contributed by atoms with E-state index in [0.717, 1.165) is 13.4 Å². The molecule has 114 valence electrons. The molecule has 11 heteroatoms. The third kappa shape index (κ3) is 3.54. The number of methoxy groups -OCH3 is 1. The Morgan fingerprint density at radius 1 is 1.10 bits per heavy atom. The Kier molecular flexibility index (Phi) is 4.50. The zero-order valence-corrected chi connectivity index (χ0v) is 10.1. The van der Waals surface area contributed by atoms with Crippen LogP contribution in [0.5, 0.6) is 11.6 Å². The Morgan fingerprint density at radius 2 is 1.65 bits per heavy atom. The summed E-state index contributed by atoms with van der Waals surface area (Å²) in [7, 11) is 2.38. The van der Waals surface area contributed by atoms with Gasteiger partial charge < -0.3 is 14.8 Å². The lowest BCUT2D eigenvalue weighted by Gasteiger charge is -2.24. The number of aromatic nitrogens is 2. The van der Waals surface area contributed by atoms with E-state index >= 15 is 0 Å². The van der Waals surface area contributed by atoms with E-state index in [1.165, 1.54) is 7.05 Å². The van der Waals surface area contributed by atoms with Crippen molar-refractivity contribution in [3.63, 3.8) is 0 Å². The average Bonchev–Trinajstić information content (AvgIpc) is 2.32. The highest BCUT2D eigenvalue weighted by Gasteiger charge is 2.59. The first kappa shape index (κ1) is 16.1. The minimum atomic E-state index is -5.64. The first-order valence-corrected chi connectivity index (χ1v) is 4.98. The Morgan fingerprint density at radius 3 is 2.05 bits per heavy atom. The van der Waals surface area contributed by atoms with Crippen LogP contribution in [0.25, 0.3) is 0 Å². The molecule has 1 aromatic rings. The van der Waals surface area contributed by atoms with Gasteiger partial charge in [0.15, 0.2) is 5.82 Å². The van der Waals surface area contributed by atoms with Crippen LogP contribution >= 0.6 is 0 Å². The summed E-state index contributed by atoms with van der Waals surface area (Å²) in [6, 6.07) is 0. The van der Waals surface area contributed by atoms with Crippen LogP contribution < -0.4 is 14.8 Å². The lowest BCUT2D eigenvalue weighted by atomic mass is 10.3. The molecule has 0 unspecified atom stereocenters. The summed E-state index contributed by atoms with van der Waals surface area (Å²) < 4.78 is 82.8. The second-order valence-corrected chi connectivity index (χ2v) is 3.39. The largest absolute Gasteiger partial charge is 0.489 e. The van der Waals surface area contributed by atoms with Gasteiger partial charge in [0, 0.05) is 7.05 Å². The molecule has 0 aliphatic heterocycles. The summed E-state index contributed by atoms with van der Waals surface area (Å²) in [4.78, 5) is 6.80. The molecule has 20 heavy (non-hydrogen) atoms. The van der Waals surface area contributed by atoms with E-state index in [2.05, 4.69) is 24.8 Å². The summed E-state index contributed by atoms with van der Waals surface area (Å²) in [6.07, 6.45) is -14.6. The van der Waals surface area contributed by atoms with Crippen LogP contribution in [0.3, 0.4) is 0 Å². The fraction of sp³-hybridized carbons (Fsp3) is 0.556. The summed E-state index contributed by atoms with van der Waals surface area (Å²) >= 11 is 0. The quantitative estimate of drug-likeness (QED) is 0.866. The predicted molar refractivity (Wildman–Crippen MR) is 54.7 cm³/mol. The fourth-order valence-corrected chi connectivity index (χ4v) is 1.23. The molecule has 0 atom stereocenters. The van der Waals surface area contributed by atoms with Gasteiger partial charge in [-0.05, 0) is 0 Å². The van der Waals surface area contributed by atoms with E-state index in [-0.39, 0.29) is 5.82 Å². The highest BCUT2D eigenvalue weighted by molar-refractivity contribution is 5.54. The number of nitrogens with zero attached hydrogens (tertiary/aromatic N) is 2. The van der Waals surface area contributed by atoms with Crippen molar-refractivity contribution >= 4 is 5.82 Å². The van der Waals surface area contributed by atoms with Crippen molar-refractivity contribution in [3.05, 3.63) is 6.33 Å². The van der Waals surface area contributed by atoms with Crippen molar-refractivity contribution in [1.82, 2.24) is 9.97 Å². The van der Waals surface area contributed by atoms with Gasteiger partial charge in [-0.15, -0.1) is 0 Å². The zero-order chi connectivity index (χ0) is 15.6. The van der Waals surface area contributed by atoms with Crippen LogP contribution in [-0.2, 0) is 0 Å². The van der Waals surface area contributed by atoms with Gasteiger partial charge in [0.05, 0.1) is 7.11 Å². The van der Waals surface area contributed by atoms with Crippen LogP contribution in [0.2, 0.25) is 0 Å². The number of hydrogen-bond donors (Lipinski definition) is 1. The Hall–Kier alpha value is -1.94. The highest BCUT2D eigenvalue weighted by Crippen LogP contribution is 2.39. The number of nitrogens with one attached hydrogen (secondary N) is 1. The number of rotatable bonds is 4. The normalized spacial score (nSPS) is 12.4. The van der Waals surface area contributed by atoms with E-state index in [0.29, 0.717) is 0 Å². The number of ether oxygens (including phenoxy) is 2. The molecule has 1 rings (SSSR count). The second kappa shape index (κ2) is 5.59. The fourth-order valence-electron chi connectivity index (χ4n) is 1.23. The van der Waals surface area contributed by atoms with E-state index < -0.39 is 30.1 Å². The van der Waals surface area contributed by atoms with Gasteiger partial charge in [-0.1, -0.05) is 0 Å². The molecule has 0 spiro atoms. The first-order chi connectivity index (χ1) is 9.11. The van der Waals surface area contributed by atoms with Crippen LogP contribution in [0, 0.1) is 0 Å². The molecular weight excluding hydrogens is 296 g/mol. The SMILES string of the molecule is CNc1ncnc(OC(C(F)(F)F)C(F)(F)F)c1OC. The van der Waals surface area contributed by atoms with E-state index in [4.69, 9.17) is 0 Å². The molecule has 0 radical (unpaired) electrons. The monoisotopic (exact) mass is 305 g/mol. The van der Waals surface area contributed by atoms with Gasteiger partial charge in [0.25, 0.3) is 12.0 Å². The predicted octanol–water partition coefficient (Wildman–Crippen LogP) is 2.40. The lowest BCUT2D eigenvalue weighted by Crippen LogP contribution is -2.46. The third-order valence-electron chi connectivity index (χ3n) is 2.04. The van der Waals surface area contributed by atoms with Crippen molar-refractivity contribution < 1.29 is 35.8 Å². The highest BCUT2D eigenvalue weighted by atomic mass is 19.4. The van der Waals surface area contributed by atoms with Gasteiger partial charge in [-0.25, -0.2) is 4.98 Å². The molecule has 0 aliphatic carbocycles. The third-order valence-corrected chi connectivity index (χ3v) is 2.04. The smallest absolute Gasteiger partial charge is 0.434 e. The van der Waals surface area contributed by atoms with Gasteiger partial charge in [0.1, 0.15) is 6.33 Å². The topological polar surface area (TPSA) is 56.3 Å². The number of hydrogen-bond acceptors (Lipinski definition) is 5. The van der Waals surface area contributed by atoms with Crippen LogP contribution in [0.1, 0.15) is 0 Å². The molecule has 0 saturated heterocycles. The summed E-state index contributed by atoms with van der Waals surface area (Å²) in [6.45, 7) is 0. The zero-order valence-electron chi connectivity index (χ0n) is 10.1. The molecule has 0 aliphatic rings. The molecular formula is C9H9F6N3O2. The number of anilines is 1. The van der Waals surface area contributed by atoms with Crippen LogP contribution in [-0.4, -0.2) is 42.6 Å². The molecule has 1 N–H and O–H groups in total. The van der Waals surface area contributed by atoms with E-state index in [1.807, 2.05) is 0 Å². The molecule has 1 heterocycles. The maximum atomic E-state index is 12.4. The lowest BCUT2D eigenvalue weighted by molar-refractivity contribution is -0.300. The summed E-state index contributed by atoms with van der Waals surface area (Å²) in [5.41, 5.74) is 0. The van der Waals surface area contributed by atoms with Crippen molar-refractivity contribution in [3.8, 4) is 11.6 Å². The molecule has 5 nitrogen and oxygen atoms in total. The van der Waals surface area contributed by atoms with Crippen LogP contribution in [0.15, 0.2) is 6.33 Å². The van der Waals surface area contributed by atoms with Crippen molar-refractivity contribution in [2.24, 2.45) is 0 Å². The molecule has 0 saturated carbocycles. The minimum Gasteiger partial charge on any atom is -0.489 e. The van der Waals surface area contributed by atoms with Crippen molar-refractivity contribution in [2.75, 3.05) is 19.5 Å². The minimum absolute atomic E-state index is 0.111. The maximum Gasteiger partial charge on any atom is 0.434 e. The number of alkyl halides is 6. The molecule has 0 bridgehead atoms. The Bertz CT molecular complexity index is 448. The van der Waals surface area contributed by atoms with E-state index in [1.54, 1.807) is 0 Å². The molecule has 0 aromatic carbocycles. The van der Waals surface area contributed by atoms with Crippen molar-refractivity contribution in [1.29, 1.82) is 0 Å². The van der Waals surface area contributed by atoms with Gasteiger partial charge in [0.2, 0.25) is 5.75 Å². The van der Waals surface area contributed by atoms with Gasteiger partial charge in [-0.3, -0.25) is 0 Å². The maximum absolute atomic E-state index is 12.4. The summed E-state index contributed by atoms with van der Waals surface area (Å²) in [5.74, 6) is -1.54. The second-order valence-electron chi connectivity index (χ2n) is 3.39. The number of halogens is 6. The Labute approximate surface area is 108 Å². The Balaban J connectivity index is 3.19. The standard InChI is InChI=1S/C9H9F6N3O2/c1-16-5-4(19-2)6(18-3-17-5)20-7(8(10,11)12)9(13,14)15/h3,7H,1-2H3,(H,16,17,18). The average molecular weight is 305 g/mol. The van der Waals surface area contributed by atoms with Crippen LogP contribution in [0.4, 0.5) is 32.2 Å². The van der Waals surface area contributed by atoms with Gasteiger partial charge >= 0.3 is 12.4 Å². The van der Waals surface area contributed by atoms with Gasteiger partial charge in [-0.2, -0.15) is 31.3 Å². The molecule has 0 fully saturated rings. The first-order valence-electron chi connectivity index (χ1n) is 4.98.